The van der Waals surface area contributed by atoms with Crippen LogP contribution >= 0.6 is 0 Å². The molecule has 0 unspecified atom stereocenters. The van der Waals surface area contributed by atoms with Gasteiger partial charge in [0.1, 0.15) is 18.2 Å². The molecule has 104 valence electrons. The van der Waals surface area contributed by atoms with E-state index in [1.54, 1.807) is 0 Å². The zero-order valence-electron chi connectivity index (χ0n) is 12.2. The third-order valence-corrected chi connectivity index (χ3v) is 2.18. The monoisotopic (exact) mass is 256 g/mol. The minimum atomic E-state index is -0.538. The molecular formula is C15H25FO2. The second-order valence-electron chi connectivity index (χ2n) is 5.44. The highest BCUT2D eigenvalue weighted by Crippen LogP contribution is 2.20. The second-order valence-corrected chi connectivity index (χ2v) is 5.44. The van der Waals surface area contributed by atoms with Crippen molar-refractivity contribution < 1.29 is 13.9 Å². The van der Waals surface area contributed by atoms with E-state index in [2.05, 4.69) is 13.2 Å². The summed E-state index contributed by atoms with van der Waals surface area (Å²) in [6.07, 6.45) is 1.26. The first kappa shape index (κ1) is 16.9. The summed E-state index contributed by atoms with van der Waals surface area (Å²) >= 11 is 0. The molecule has 0 aliphatic rings. The molecule has 0 atom stereocenters. The Labute approximate surface area is 110 Å². The van der Waals surface area contributed by atoms with Gasteiger partial charge in [-0.05, 0) is 32.3 Å². The minimum Gasteiger partial charge on any atom is -0.491 e. The van der Waals surface area contributed by atoms with E-state index in [-0.39, 0.29) is 11.5 Å². The van der Waals surface area contributed by atoms with Crippen molar-refractivity contribution in [2.45, 2.75) is 40.2 Å². The van der Waals surface area contributed by atoms with Crippen LogP contribution < -0.4 is 0 Å². The van der Waals surface area contributed by atoms with Crippen molar-refractivity contribution in [3.63, 3.8) is 0 Å². The van der Waals surface area contributed by atoms with Crippen LogP contribution in [-0.4, -0.2) is 18.8 Å². The minimum absolute atomic E-state index is 0.194. The number of ether oxygens (including phenoxy) is 2. The van der Waals surface area contributed by atoms with Crippen molar-refractivity contribution in [2.75, 3.05) is 13.2 Å². The van der Waals surface area contributed by atoms with Crippen molar-refractivity contribution in [3.05, 3.63) is 36.4 Å². The fraction of sp³-hybridized carbons (Fsp3) is 0.600. The van der Waals surface area contributed by atoms with Gasteiger partial charge in [0.25, 0.3) is 0 Å². The highest BCUT2D eigenvalue weighted by Gasteiger charge is 2.12. The van der Waals surface area contributed by atoms with Crippen molar-refractivity contribution in [2.24, 2.45) is 5.92 Å². The largest absolute Gasteiger partial charge is 0.491 e. The van der Waals surface area contributed by atoms with E-state index in [1.807, 2.05) is 34.6 Å². The van der Waals surface area contributed by atoms with E-state index in [1.165, 1.54) is 6.08 Å². The van der Waals surface area contributed by atoms with Crippen LogP contribution in [0.2, 0.25) is 0 Å². The lowest BCUT2D eigenvalue weighted by atomic mass is 10.0. The Morgan fingerprint density at radius 1 is 1.22 bits per heavy atom. The summed E-state index contributed by atoms with van der Waals surface area (Å²) in [5, 5.41) is 0. The number of rotatable bonds is 7. The first-order valence-electron chi connectivity index (χ1n) is 6.15. The Morgan fingerprint density at radius 3 is 2.17 bits per heavy atom. The molecule has 2 nitrogen and oxygen atoms in total. The van der Waals surface area contributed by atoms with Gasteiger partial charge in [0.05, 0.1) is 12.2 Å². The van der Waals surface area contributed by atoms with E-state index in [9.17, 15) is 4.39 Å². The lowest BCUT2D eigenvalue weighted by Crippen LogP contribution is -2.22. The number of allylic oxidation sites excluding steroid dienone is 3. The molecule has 0 aromatic rings. The molecule has 0 saturated heterocycles. The first-order valence-corrected chi connectivity index (χ1v) is 6.15. The van der Waals surface area contributed by atoms with Crippen LogP contribution in [0.3, 0.4) is 0 Å². The predicted molar refractivity (Wildman–Crippen MR) is 74.0 cm³/mol. The summed E-state index contributed by atoms with van der Waals surface area (Å²) in [5.74, 6) is 0.0951. The van der Waals surface area contributed by atoms with Gasteiger partial charge < -0.3 is 9.47 Å². The molecule has 3 heteroatoms. The molecular weight excluding hydrogens is 231 g/mol. The van der Waals surface area contributed by atoms with E-state index < -0.39 is 5.83 Å². The Bertz CT molecular complexity index is 322. The normalized spacial score (nSPS) is 12.7. The highest BCUT2D eigenvalue weighted by atomic mass is 19.1. The first-order chi connectivity index (χ1) is 8.13. The molecule has 0 heterocycles. The molecule has 0 aliphatic carbocycles. The summed E-state index contributed by atoms with van der Waals surface area (Å²) in [6.45, 7) is 17.8. The average molecular weight is 256 g/mol. The van der Waals surface area contributed by atoms with E-state index in [4.69, 9.17) is 9.47 Å². The SMILES string of the molecule is C=C(F)/C=C(/OCCOC(C)(C)C)C(=C)C(C)C. The Balaban J connectivity index is 4.37. The van der Waals surface area contributed by atoms with E-state index in [0.717, 1.165) is 5.57 Å². The molecule has 0 saturated carbocycles. The van der Waals surface area contributed by atoms with Crippen LogP contribution in [-0.2, 0) is 9.47 Å². The van der Waals surface area contributed by atoms with Crippen LogP contribution in [0.15, 0.2) is 36.4 Å². The second kappa shape index (κ2) is 7.37. The smallest absolute Gasteiger partial charge is 0.125 e. The maximum absolute atomic E-state index is 12.9. The highest BCUT2D eigenvalue weighted by molar-refractivity contribution is 5.29. The zero-order valence-corrected chi connectivity index (χ0v) is 12.2. The number of halogens is 1. The van der Waals surface area contributed by atoms with Gasteiger partial charge in [0, 0.05) is 6.08 Å². The van der Waals surface area contributed by atoms with Gasteiger partial charge in [-0.15, -0.1) is 0 Å². The third kappa shape index (κ3) is 8.07. The maximum atomic E-state index is 12.9. The molecule has 0 aliphatic heterocycles. The van der Waals surface area contributed by atoms with Gasteiger partial charge in [-0.2, -0.15) is 0 Å². The molecule has 0 rings (SSSR count). The summed E-state index contributed by atoms with van der Waals surface area (Å²) in [6, 6.07) is 0. The van der Waals surface area contributed by atoms with Gasteiger partial charge in [-0.3, -0.25) is 0 Å². The van der Waals surface area contributed by atoms with Gasteiger partial charge in [-0.1, -0.05) is 27.0 Å². The van der Waals surface area contributed by atoms with Gasteiger partial charge in [0.2, 0.25) is 0 Å². The fourth-order valence-corrected chi connectivity index (χ4v) is 1.15. The van der Waals surface area contributed by atoms with Crippen LogP contribution in [0, 0.1) is 5.92 Å². The third-order valence-electron chi connectivity index (χ3n) is 2.18. The van der Waals surface area contributed by atoms with Crippen molar-refractivity contribution in [3.8, 4) is 0 Å². The summed E-state index contributed by atoms with van der Waals surface area (Å²) in [5.41, 5.74) is 0.552. The molecule has 0 aromatic heterocycles. The summed E-state index contributed by atoms with van der Waals surface area (Å²) in [7, 11) is 0. The van der Waals surface area contributed by atoms with E-state index >= 15 is 0 Å². The number of hydrogen-bond acceptors (Lipinski definition) is 2. The standard InChI is InChI=1S/C15H25FO2/c1-11(2)13(4)14(10-12(3)16)17-8-9-18-15(5,6)7/h10-11H,3-4,8-9H2,1-2,5-7H3/b14-10+. The molecule has 0 radical (unpaired) electrons. The Kier molecular flexibility index (Phi) is 6.92. The molecule has 0 spiro atoms. The average Bonchev–Trinajstić information content (AvgIpc) is 2.19. The molecule has 0 bridgehead atoms. The maximum Gasteiger partial charge on any atom is 0.125 e. The summed E-state index contributed by atoms with van der Waals surface area (Å²) in [4.78, 5) is 0. The molecule has 18 heavy (non-hydrogen) atoms. The van der Waals surface area contributed by atoms with Crippen LogP contribution in [0.4, 0.5) is 4.39 Å². The molecule has 0 fully saturated rings. The van der Waals surface area contributed by atoms with Crippen LogP contribution in [0.1, 0.15) is 34.6 Å². The van der Waals surface area contributed by atoms with Crippen LogP contribution in [0.5, 0.6) is 0 Å². The molecule has 0 amide bonds. The van der Waals surface area contributed by atoms with Gasteiger partial charge >= 0.3 is 0 Å². The zero-order chi connectivity index (χ0) is 14.3. The van der Waals surface area contributed by atoms with Crippen molar-refractivity contribution in [1.82, 2.24) is 0 Å². The molecule has 0 aromatic carbocycles. The Hall–Kier alpha value is -1.09. The number of hydrogen-bond donors (Lipinski definition) is 0. The van der Waals surface area contributed by atoms with Gasteiger partial charge in [-0.25, -0.2) is 4.39 Å². The van der Waals surface area contributed by atoms with Gasteiger partial charge in [0.15, 0.2) is 0 Å². The quantitative estimate of drug-likeness (QED) is 0.382. The Morgan fingerprint density at radius 2 is 1.78 bits per heavy atom. The lowest BCUT2D eigenvalue weighted by molar-refractivity contribution is -0.0247. The predicted octanol–water partition coefficient (Wildman–Crippen LogP) is 4.40. The fourth-order valence-electron chi connectivity index (χ4n) is 1.15. The van der Waals surface area contributed by atoms with Crippen molar-refractivity contribution in [1.29, 1.82) is 0 Å². The van der Waals surface area contributed by atoms with E-state index in [0.29, 0.717) is 19.0 Å². The lowest BCUT2D eigenvalue weighted by Gasteiger charge is -2.21. The topological polar surface area (TPSA) is 18.5 Å². The molecule has 0 N–H and O–H groups in total. The summed E-state index contributed by atoms with van der Waals surface area (Å²) < 4.78 is 23.9. The van der Waals surface area contributed by atoms with Crippen LogP contribution in [0.25, 0.3) is 0 Å². The van der Waals surface area contributed by atoms with Crippen molar-refractivity contribution >= 4 is 0 Å².